The van der Waals surface area contributed by atoms with E-state index in [9.17, 15) is 0 Å². The van der Waals surface area contributed by atoms with Gasteiger partial charge in [-0.2, -0.15) is 0 Å². The van der Waals surface area contributed by atoms with Gasteiger partial charge in [-0.25, -0.2) is 4.98 Å². The highest BCUT2D eigenvalue weighted by Crippen LogP contribution is 2.46. The standard InChI is InChI=1S/C57H36N2/c1-2-20-42(21-3-1)59-54-31-13-12-30-53(54)58-57(59)41-19-14-18-39(34-41)55-47-25-8-10-27-49(47)56(50-28-11-9-26-48(50)55)40-33-32-38-35-52(46-24-7-6-23-45(46)51(38)36-40)44-29-15-17-37-16-4-5-22-43(37)44/h1-36H. The third-order valence-corrected chi connectivity index (χ3v) is 12.1. The molecular formula is C57H36N2. The van der Waals surface area contributed by atoms with Gasteiger partial charge in [0.25, 0.3) is 0 Å². The fourth-order valence-electron chi connectivity index (χ4n) is 9.56. The summed E-state index contributed by atoms with van der Waals surface area (Å²) in [6.07, 6.45) is 0. The lowest BCUT2D eigenvalue weighted by Gasteiger charge is -2.19. The minimum absolute atomic E-state index is 0.927. The number of aromatic nitrogens is 2. The molecule has 0 atom stereocenters. The molecule has 0 aliphatic carbocycles. The smallest absolute Gasteiger partial charge is 0.145 e. The fraction of sp³-hybridized carbons (Fsp3) is 0. The Kier molecular flexibility index (Phi) is 7.57. The topological polar surface area (TPSA) is 17.8 Å². The molecule has 0 saturated carbocycles. The maximum Gasteiger partial charge on any atom is 0.145 e. The predicted octanol–water partition coefficient (Wildman–Crippen LogP) is 15.5. The average molecular weight is 749 g/mol. The molecule has 12 rings (SSSR count). The van der Waals surface area contributed by atoms with E-state index in [4.69, 9.17) is 4.98 Å². The normalized spacial score (nSPS) is 11.7. The quantitative estimate of drug-likeness (QED) is 0.127. The molecule has 0 aliphatic heterocycles. The zero-order valence-corrected chi connectivity index (χ0v) is 32.2. The van der Waals surface area contributed by atoms with Crippen LogP contribution in [0.1, 0.15) is 0 Å². The second-order valence-corrected chi connectivity index (χ2v) is 15.4. The summed E-state index contributed by atoms with van der Waals surface area (Å²) in [6, 6.07) is 79.5. The third-order valence-electron chi connectivity index (χ3n) is 12.1. The van der Waals surface area contributed by atoms with E-state index >= 15 is 0 Å². The van der Waals surface area contributed by atoms with Crippen molar-refractivity contribution in [3.8, 4) is 50.5 Å². The molecule has 0 unspecified atom stereocenters. The molecule has 0 aliphatic rings. The first-order valence-corrected chi connectivity index (χ1v) is 20.3. The zero-order chi connectivity index (χ0) is 38.9. The van der Waals surface area contributed by atoms with Crippen molar-refractivity contribution in [1.29, 1.82) is 0 Å². The molecule has 0 radical (unpaired) electrons. The monoisotopic (exact) mass is 748 g/mol. The van der Waals surface area contributed by atoms with Crippen molar-refractivity contribution in [2.24, 2.45) is 0 Å². The number of para-hydroxylation sites is 3. The molecular weight excluding hydrogens is 713 g/mol. The van der Waals surface area contributed by atoms with E-state index in [0.29, 0.717) is 0 Å². The van der Waals surface area contributed by atoms with Crippen molar-refractivity contribution in [3.63, 3.8) is 0 Å². The molecule has 12 aromatic rings. The number of hydrogen-bond donors (Lipinski definition) is 0. The predicted molar refractivity (Wildman–Crippen MR) is 250 cm³/mol. The molecule has 1 aromatic heterocycles. The highest BCUT2D eigenvalue weighted by molar-refractivity contribution is 6.23. The summed E-state index contributed by atoms with van der Waals surface area (Å²) in [5.41, 5.74) is 11.6. The molecule has 0 spiro atoms. The van der Waals surface area contributed by atoms with E-state index in [1.54, 1.807) is 0 Å². The summed E-state index contributed by atoms with van der Waals surface area (Å²) in [7, 11) is 0. The summed E-state index contributed by atoms with van der Waals surface area (Å²) in [5.74, 6) is 0.927. The van der Waals surface area contributed by atoms with Crippen LogP contribution >= 0.6 is 0 Å². The highest BCUT2D eigenvalue weighted by atomic mass is 15.1. The van der Waals surface area contributed by atoms with Gasteiger partial charge in [-0.15, -0.1) is 0 Å². The van der Waals surface area contributed by atoms with Crippen LogP contribution in [-0.2, 0) is 0 Å². The second kappa shape index (κ2) is 13.4. The Bertz CT molecular complexity index is 3550. The van der Waals surface area contributed by atoms with Crippen molar-refractivity contribution < 1.29 is 0 Å². The van der Waals surface area contributed by atoms with E-state index in [1.807, 2.05) is 0 Å². The minimum Gasteiger partial charge on any atom is -0.292 e. The zero-order valence-electron chi connectivity index (χ0n) is 32.2. The Labute approximate surface area is 341 Å². The van der Waals surface area contributed by atoms with Gasteiger partial charge in [0.05, 0.1) is 11.0 Å². The maximum absolute atomic E-state index is 5.22. The maximum atomic E-state index is 5.22. The first kappa shape index (κ1) is 33.3. The van der Waals surface area contributed by atoms with Crippen LogP contribution in [0.3, 0.4) is 0 Å². The van der Waals surface area contributed by atoms with Crippen molar-refractivity contribution >= 4 is 64.9 Å². The van der Waals surface area contributed by atoms with E-state index in [2.05, 4.69) is 223 Å². The average Bonchev–Trinajstić information content (AvgIpc) is 3.70. The van der Waals surface area contributed by atoms with Gasteiger partial charge < -0.3 is 0 Å². The third kappa shape index (κ3) is 5.31. The molecule has 11 aromatic carbocycles. The molecule has 0 saturated heterocycles. The van der Waals surface area contributed by atoms with Crippen molar-refractivity contribution in [2.45, 2.75) is 0 Å². The van der Waals surface area contributed by atoms with Gasteiger partial charge in [0.1, 0.15) is 5.82 Å². The van der Waals surface area contributed by atoms with Gasteiger partial charge in [-0.05, 0) is 130 Å². The van der Waals surface area contributed by atoms with Crippen LogP contribution in [-0.4, -0.2) is 9.55 Å². The lowest BCUT2D eigenvalue weighted by atomic mass is 9.84. The van der Waals surface area contributed by atoms with Crippen LogP contribution in [0.5, 0.6) is 0 Å². The Balaban J connectivity index is 1.07. The molecule has 2 nitrogen and oxygen atoms in total. The Hall–Kier alpha value is -7.81. The van der Waals surface area contributed by atoms with Crippen LogP contribution in [0.4, 0.5) is 0 Å². The number of benzene rings is 11. The molecule has 1 heterocycles. The summed E-state index contributed by atoms with van der Waals surface area (Å²) in [4.78, 5) is 5.22. The lowest BCUT2D eigenvalue weighted by molar-refractivity contribution is 1.10. The Morgan fingerprint density at radius 1 is 0.305 bits per heavy atom. The van der Waals surface area contributed by atoms with Crippen LogP contribution in [0.2, 0.25) is 0 Å². The molecule has 0 N–H and O–H groups in total. The first-order chi connectivity index (χ1) is 29.3. The highest BCUT2D eigenvalue weighted by Gasteiger charge is 2.20. The number of imidazole rings is 1. The van der Waals surface area contributed by atoms with Crippen LogP contribution in [0.25, 0.3) is 115 Å². The van der Waals surface area contributed by atoms with Crippen LogP contribution in [0, 0.1) is 0 Å². The second-order valence-electron chi connectivity index (χ2n) is 15.4. The van der Waals surface area contributed by atoms with Gasteiger partial charge >= 0.3 is 0 Å². The molecule has 2 heteroatoms. The Morgan fingerprint density at radius 2 is 0.864 bits per heavy atom. The summed E-state index contributed by atoms with van der Waals surface area (Å²) in [6.45, 7) is 0. The summed E-state index contributed by atoms with van der Waals surface area (Å²) < 4.78 is 2.28. The number of fused-ring (bicyclic) bond motifs is 7. The molecule has 0 amide bonds. The number of nitrogens with zero attached hydrogens (tertiary/aromatic N) is 2. The van der Waals surface area contributed by atoms with E-state index in [1.165, 1.54) is 87.2 Å². The fourth-order valence-corrected chi connectivity index (χ4v) is 9.56. The van der Waals surface area contributed by atoms with Gasteiger partial charge in [0.15, 0.2) is 0 Å². The minimum atomic E-state index is 0.927. The molecule has 59 heavy (non-hydrogen) atoms. The Morgan fingerprint density at radius 3 is 1.61 bits per heavy atom. The van der Waals surface area contributed by atoms with Crippen molar-refractivity contribution in [3.05, 3.63) is 218 Å². The number of rotatable bonds is 5. The van der Waals surface area contributed by atoms with Gasteiger partial charge in [-0.1, -0.05) is 176 Å². The number of hydrogen-bond acceptors (Lipinski definition) is 1. The lowest BCUT2D eigenvalue weighted by Crippen LogP contribution is -1.97. The van der Waals surface area contributed by atoms with E-state index in [-0.39, 0.29) is 0 Å². The first-order valence-electron chi connectivity index (χ1n) is 20.3. The van der Waals surface area contributed by atoms with Gasteiger partial charge in [0, 0.05) is 11.3 Å². The van der Waals surface area contributed by atoms with Crippen LogP contribution in [0.15, 0.2) is 218 Å². The summed E-state index contributed by atoms with van der Waals surface area (Å²) >= 11 is 0. The molecule has 0 fully saturated rings. The van der Waals surface area contributed by atoms with Gasteiger partial charge in [-0.3, -0.25) is 4.57 Å². The molecule has 274 valence electrons. The van der Waals surface area contributed by atoms with Gasteiger partial charge in [0.2, 0.25) is 0 Å². The van der Waals surface area contributed by atoms with Crippen molar-refractivity contribution in [2.75, 3.05) is 0 Å². The molecule has 0 bridgehead atoms. The van der Waals surface area contributed by atoms with E-state index in [0.717, 1.165) is 28.1 Å². The largest absolute Gasteiger partial charge is 0.292 e. The van der Waals surface area contributed by atoms with Crippen LogP contribution < -0.4 is 0 Å². The van der Waals surface area contributed by atoms with E-state index < -0.39 is 0 Å². The summed E-state index contributed by atoms with van der Waals surface area (Å²) in [5, 5.41) is 12.5. The van der Waals surface area contributed by atoms with Crippen molar-refractivity contribution in [1.82, 2.24) is 9.55 Å². The SMILES string of the molecule is c1ccc(-n2c(-c3cccc(-c4c5ccccc5c(-c5ccc6cc(-c7cccc8ccccc78)c7ccccc7c6c5)c5ccccc45)c3)nc3ccccc32)cc1.